The van der Waals surface area contributed by atoms with Crippen LogP contribution in [-0.2, 0) is 0 Å². The Morgan fingerprint density at radius 3 is 3.13 bits per heavy atom. The zero-order valence-corrected chi connectivity index (χ0v) is 10.0. The molecule has 0 fully saturated rings. The van der Waals surface area contributed by atoms with Crippen molar-refractivity contribution in [1.29, 1.82) is 0 Å². The second-order valence-electron chi connectivity index (χ2n) is 2.96. The number of hydrogen-bond donors (Lipinski definition) is 2. The molecule has 6 heteroatoms. The van der Waals surface area contributed by atoms with Crippen LogP contribution in [0.2, 0.25) is 5.02 Å². The average molecular weight is 258 g/mol. The van der Waals surface area contributed by atoms with Crippen molar-refractivity contribution in [2.24, 2.45) is 5.73 Å². The molecule has 15 heavy (non-hydrogen) atoms. The van der Waals surface area contributed by atoms with Gasteiger partial charge >= 0.3 is 0 Å². The first kappa shape index (κ1) is 10.7. The van der Waals surface area contributed by atoms with Crippen LogP contribution in [0.4, 0.5) is 0 Å². The molecule has 0 spiro atoms. The van der Waals surface area contributed by atoms with E-state index in [1.165, 1.54) is 11.8 Å². The maximum absolute atomic E-state index is 5.86. The number of H-pyrrole nitrogens is 1. The summed E-state index contributed by atoms with van der Waals surface area (Å²) < 4.78 is 0. The van der Waals surface area contributed by atoms with Gasteiger partial charge in [0.15, 0.2) is 5.16 Å². The monoisotopic (exact) mass is 257 g/mol. The minimum Gasteiger partial charge on any atom is -0.393 e. The molecule has 0 radical (unpaired) electrons. The molecule has 1 aromatic carbocycles. The van der Waals surface area contributed by atoms with Gasteiger partial charge in [-0.2, -0.15) is 0 Å². The molecule has 0 atom stereocenters. The highest BCUT2D eigenvalue weighted by Crippen LogP contribution is 2.21. The molecule has 0 aliphatic rings. The molecule has 0 saturated heterocycles. The zero-order valence-electron chi connectivity index (χ0n) is 7.66. The second kappa shape index (κ2) is 4.38. The highest BCUT2D eigenvalue weighted by molar-refractivity contribution is 8.00. The van der Waals surface area contributed by atoms with Crippen molar-refractivity contribution in [3.8, 4) is 0 Å². The summed E-state index contributed by atoms with van der Waals surface area (Å²) in [4.78, 5) is 7.97. The molecule has 0 amide bonds. The third-order valence-corrected chi connectivity index (χ3v) is 3.26. The van der Waals surface area contributed by atoms with Crippen LogP contribution in [0.5, 0.6) is 0 Å². The normalized spacial score (nSPS) is 10.7. The maximum Gasteiger partial charge on any atom is 0.166 e. The van der Waals surface area contributed by atoms with Crippen LogP contribution in [-0.4, -0.2) is 20.7 Å². The molecule has 0 saturated carbocycles. The van der Waals surface area contributed by atoms with Crippen LogP contribution >= 0.6 is 35.6 Å². The van der Waals surface area contributed by atoms with Crippen molar-refractivity contribution in [3.05, 3.63) is 23.2 Å². The number of nitrogens with two attached hydrogens (primary N) is 1. The zero-order chi connectivity index (χ0) is 10.8. The van der Waals surface area contributed by atoms with Crippen LogP contribution in [0.1, 0.15) is 0 Å². The quantitative estimate of drug-likeness (QED) is 0.656. The summed E-state index contributed by atoms with van der Waals surface area (Å²) in [5, 5.41) is 1.50. The fraction of sp³-hybridized carbons (Fsp3) is 0.111. The second-order valence-corrected chi connectivity index (χ2v) is 4.88. The van der Waals surface area contributed by atoms with Gasteiger partial charge in [-0.1, -0.05) is 35.6 Å². The molecule has 0 aliphatic heterocycles. The highest BCUT2D eigenvalue weighted by atomic mass is 35.5. The topological polar surface area (TPSA) is 54.7 Å². The molecule has 3 nitrogen and oxygen atoms in total. The van der Waals surface area contributed by atoms with Crippen LogP contribution in [0.3, 0.4) is 0 Å². The Hall–Kier alpha value is -0.780. The van der Waals surface area contributed by atoms with Crippen molar-refractivity contribution in [1.82, 2.24) is 9.97 Å². The lowest BCUT2D eigenvalue weighted by atomic mass is 10.3. The Labute approximate surface area is 101 Å². The van der Waals surface area contributed by atoms with Gasteiger partial charge in [-0.15, -0.1) is 0 Å². The van der Waals surface area contributed by atoms with Gasteiger partial charge in [0, 0.05) is 5.02 Å². The number of nitrogens with zero attached hydrogens (tertiary/aromatic N) is 1. The molecular formula is C9H8ClN3S2. The maximum atomic E-state index is 5.86. The number of aromatic amines is 1. The van der Waals surface area contributed by atoms with Gasteiger partial charge in [-0.3, -0.25) is 0 Å². The van der Waals surface area contributed by atoms with E-state index in [4.69, 9.17) is 29.6 Å². The van der Waals surface area contributed by atoms with Crippen LogP contribution in [0, 0.1) is 0 Å². The summed E-state index contributed by atoms with van der Waals surface area (Å²) in [6.45, 7) is 0. The van der Waals surface area contributed by atoms with E-state index in [1.54, 1.807) is 0 Å². The Morgan fingerprint density at radius 1 is 1.60 bits per heavy atom. The van der Waals surface area contributed by atoms with Crippen molar-refractivity contribution in [2.45, 2.75) is 5.16 Å². The molecule has 78 valence electrons. The average Bonchev–Trinajstić information content (AvgIpc) is 2.56. The lowest BCUT2D eigenvalue weighted by Gasteiger charge is -1.92. The number of aromatic nitrogens is 2. The highest BCUT2D eigenvalue weighted by Gasteiger charge is 2.03. The van der Waals surface area contributed by atoms with Gasteiger partial charge in [0.05, 0.1) is 21.8 Å². The predicted octanol–water partition coefficient (Wildman–Crippen LogP) is 2.59. The number of benzene rings is 1. The van der Waals surface area contributed by atoms with E-state index < -0.39 is 0 Å². The van der Waals surface area contributed by atoms with Crippen LogP contribution in [0.15, 0.2) is 23.4 Å². The van der Waals surface area contributed by atoms with Crippen LogP contribution in [0.25, 0.3) is 11.0 Å². The SMILES string of the molecule is NC(=S)CSc1nc2ccc(Cl)cc2[nH]1. The lowest BCUT2D eigenvalue weighted by molar-refractivity contribution is 1.08. The lowest BCUT2D eigenvalue weighted by Crippen LogP contribution is -2.10. The number of hydrogen-bond acceptors (Lipinski definition) is 3. The number of halogens is 1. The van der Waals surface area contributed by atoms with E-state index in [9.17, 15) is 0 Å². The van der Waals surface area contributed by atoms with E-state index in [0.717, 1.165) is 16.2 Å². The fourth-order valence-electron chi connectivity index (χ4n) is 1.17. The molecule has 1 heterocycles. The molecule has 1 aromatic heterocycles. The van der Waals surface area contributed by atoms with Gasteiger partial charge < -0.3 is 10.7 Å². The predicted molar refractivity (Wildman–Crippen MR) is 68.6 cm³/mol. The first-order valence-corrected chi connectivity index (χ1v) is 5.99. The summed E-state index contributed by atoms with van der Waals surface area (Å²) >= 11 is 12.1. The number of fused-ring (bicyclic) bond motifs is 1. The first-order valence-electron chi connectivity index (χ1n) is 4.21. The fourth-order valence-corrected chi connectivity index (χ4v) is 2.14. The van der Waals surface area contributed by atoms with E-state index in [-0.39, 0.29) is 0 Å². The standard InChI is InChI=1S/C9H8ClN3S2/c10-5-1-2-6-7(3-5)13-9(12-6)15-4-8(11)14/h1-3H,4H2,(H2,11,14)(H,12,13). The number of thiocarbonyl (C=S) groups is 1. The third-order valence-electron chi connectivity index (χ3n) is 1.77. The largest absolute Gasteiger partial charge is 0.393 e. The number of rotatable bonds is 3. The van der Waals surface area contributed by atoms with E-state index in [0.29, 0.717) is 15.8 Å². The van der Waals surface area contributed by atoms with E-state index in [2.05, 4.69) is 9.97 Å². The van der Waals surface area contributed by atoms with Crippen LogP contribution < -0.4 is 5.73 Å². The Morgan fingerprint density at radius 2 is 2.40 bits per heavy atom. The Balaban J connectivity index is 2.27. The minimum atomic E-state index is 0.471. The van der Waals surface area contributed by atoms with Gasteiger partial charge in [-0.05, 0) is 18.2 Å². The van der Waals surface area contributed by atoms with Crippen molar-refractivity contribution < 1.29 is 0 Å². The molecular weight excluding hydrogens is 250 g/mol. The Bertz CT molecular complexity index is 509. The van der Waals surface area contributed by atoms with E-state index >= 15 is 0 Å². The van der Waals surface area contributed by atoms with Crippen molar-refractivity contribution in [2.75, 3.05) is 5.75 Å². The molecule has 3 N–H and O–H groups in total. The first-order chi connectivity index (χ1) is 7.15. The van der Waals surface area contributed by atoms with E-state index in [1.807, 2.05) is 18.2 Å². The Kier molecular flexibility index (Phi) is 3.14. The number of thioether (sulfide) groups is 1. The van der Waals surface area contributed by atoms with Gasteiger partial charge in [0.25, 0.3) is 0 Å². The molecule has 2 aromatic rings. The number of imidazole rings is 1. The van der Waals surface area contributed by atoms with Crippen molar-refractivity contribution in [3.63, 3.8) is 0 Å². The summed E-state index contributed by atoms with van der Waals surface area (Å²) in [7, 11) is 0. The third kappa shape index (κ3) is 2.62. The molecule has 0 unspecified atom stereocenters. The summed E-state index contributed by atoms with van der Waals surface area (Å²) in [5.74, 6) is 0.586. The summed E-state index contributed by atoms with van der Waals surface area (Å²) in [6.07, 6.45) is 0. The smallest absolute Gasteiger partial charge is 0.166 e. The van der Waals surface area contributed by atoms with Crippen molar-refractivity contribution >= 4 is 51.6 Å². The molecule has 0 aliphatic carbocycles. The summed E-state index contributed by atoms with van der Waals surface area (Å²) in [6, 6.07) is 5.53. The molecule has 2 rings (SSSR count). The number of nitrogens with one attached hydrogen (secondary N) is 1. The summed E-state index contributed by atoms with van der Waals surface area (Å²) in [5.41, 5.74) is 7.22. The minimum absolute atomic E-state index is 0.471. The van der Waals surface area contributed by atoms with Gasteiger partial charge in [0.1, 0.15) is 0 Å². The van der Waals surface area contributed by atoms with Gasteiger partial charge in [0.2, 0.25) is 0 Å². The molecule has 0 bridgehead atoms. The van der Waals surface area contributed by atoms with Gasteiger partial charge in [-0.25, -0.2) is 4.98 Å².